The van der Waals surface area contributed by atoms with Gasteiger partial charge in [-0.25, -0.2) is 18.2 Å². The van der Waals surface area contributed by atoms with Gasteiger partial charge in [0.25, 0.3) is 0 Å². The number of rotatable bonds is 4. The van der Waals surface area contributed by atoms with E-state index < -0.39 is 21.1 Å². The molecule has 0 spiro atoms. The summed E-state index contributed by atoms with van der Waals surface area (Å²) in [7, 11) is -3.64. The summed E-state index contributed by atoms with van der Waals surface area (Å²) in [6.07, 6.45) is 0. The van der Waals surface area contributed by atoms with Gasteiger partial charge in [-0.1, -0.05) is 5.92 Å². The van der Waals surface area contributed by atoms with Gasteiger partial charge in [-0.05, 0) is 32.9 Å². The number of hydrogen-bond acceptors (Lipinski definition) is 5. The van der Waals surface area contributed by atoms with Crippen molar-refractivity contribution in [2.75, 3.05) is 5.32 Å². The molecule has 0 saturated heterocycles. The SMILES string of the molecule is CC#CNc1cc(C(=O)O)cc(S(=O)(=O)C(C)C)n1. The largest absolute Gasteiger partial charge is 0.478 e. The Morgan fingerprint density at radius 3 is 2.53 bits per heavy atom. The number of anilines is 1. The van der Waals surface area contributed by atoms with Crippen LogP contribution in [-0.2, 0) is 9.84 Å². The van der Waals surface area contributed by atoms with E-state index in [2.05, 4.69) is 22.3 Å². The molecule has 1 aromatic heterocycles. The second kappa shape index (κ2) is 5.71. The van der Waals surface area contributed by atoms with Gasteiger partial charge in [-0.15, -0.1) is 0 Å². The summed E-state index contributed by atoms with van der Waals surface area (Å²) >= 11 is 0. The second-order valence-electron chi connectivity index (χ2n) is 3.98. The average Bonchev–Trinajstić information content (AvgIpc) is 2.35. The van der Waals surface area contributed by atoms with Gasteiger partial charge in [-0.2, -0.15) is 0 Å². The molecule has 19 heavy (non-hydrogen) atoms. The highest BCUT2D eigenvalue weighted by Crippen LogP contribution is 2.18. The van der Waals surface area contributed by atoms with Crippen LogP contribution in [0.25, 0.3) is 0 Å². The normalized spacial score (nSPS) is 10.7. The molecule has 0 radical (unpaired) electrons. The number of aromatic carboxylic acids is 1. The second-order valence-corrected chi connectivity index (χ2v) is 6.43. The Bertz CT molecular complexity index is 654. The Balaban J connectivity index is 3.43. The predicted molar refractivity (Wildman–Crippen MR) is 70.6 cm³/mol. The third-order valence-electron chi connectivity index (χ3n) is 2.28. The van der Waals surface area contributed by atoms with Crippen LogP contribution >= 0.6 is 0 Å². The van der Waals surface area contributed by atoms with Gasteiger partial charge in [-0.3, -0.25) is 5.32 Å². The maximum atomic E-state index is 12.0. The van der Waals surface area contributed by atoms with Crippen LogP contribution in [0.4, 0.5) is 5.82 Å². The molecule has 0 unspecified atom stereocenters. The minimum atomic E-state index is -3.64. The molecule has 0 aliphatic carbocycles. The van der Waals surface area contributed by atoms with Gasteiger partial charge in [0.05, 0.1) is 10.8 Å². The van der Waals surface area contributed by atoms with Gasteiger partial charge in [0.15, 0.2) is 14.9 Å². The van der Waals surface area contributed by atoms with E-state index in [1.165, 1.54) is 19.9 Å². The monoisotopic (exact) mass is 282 g/mol. The maximum Gasteiger partial charge on any atom is 0.335 e. The van der Waals surface area contributed by atoms with E-state index in [4.69, 9.17) is 5.11 Å². The molecule has 0 aliphatic heterocycles. The lowest BCUT2D eigenvalue weighted by Gasteiger charge is -2.09. The molecule has 0 atom stereocenters. The topological polar surface area (TPSA) is 96.4 Å². The van der Waals surface area contributed by atoms with Crippen LogP contribution < -0.4 is 5.32 Å². The molecule has 2 N–H and O–H groups in total. The Hall–Kier alpha value is -2.07. The van der Waals surface area contributed by atoms with Crippen LogP contribution in [0.15, 0.2) is 17.2 Å². The number of carbonyl (C=O) groups is 1. The van der Waals surface area contributed by atoms with Crippen LogP contribution in [0.5, 0.6) is 0 Å². The van der Waals surface area contributed by atoms with E-state index in [1.807, 2.05) is 0 Å². The van der Waals surface area contributed by atoms with Crippen LogP contribution in [-0.4, -0.2) is 29.7 Å². The van der Waals surface area contributed by atoms with E-state index in [0.29, 0.717) is 0 Å². The highest BCUT2D eigenvalue weighted by Gasteiger charge is 2.23. The summed E-state index contributed by atoms with van der Waals surface area (Å²) in [5.41, 5.74) is -0.158. The molecule has 1 heterocycles. The Labute approximate surface area is 111 Å². The molecule has 102 valence electrons. The third kappa shape index (κ3) is 3.45. The zero-order valence-electron chi connectivity index (χ0n) is 10.8. The minimum Gasteiger partial charge on any atom is -0.478 e. The molecule has 1 rings (SSSR count). The third-order valence-corrected chi connectivity index (χ3v) is 4.31. The average molecular weight is 282 g/mol. The number of hydrogen-bond donors (Lipinski definition) is 2. The fraction of sp³-hybridized carbons (Fsp3) is 0.333. The number of pyridine rings is 1. The van der Waals surface area contributed by atoms with Gasteiger partial charge >= 0.3 is 5.97 Å². The van der Waals surface area contributed by atoms with Crippen molar-refractivity contribution in [2.45, 2.75) is 31.0 Å². The van der Waals surface area contributed by atoms with Crippen LogP contribution in [0, 0.1) is 12.0 Å². The summed E-state index contributed by atoms with van der Waals surface area (Å²) in [5.74, 6) is 1.41. The van der Waals surface area contributed by atoms with E-state index in [1.54, 1.807) is 6.92 Å². The minimum absolute atomic E-state index is 0.0912. The number of carboxylic acids is 1. The fourth-order valence-corrected chi connectivity index (χ4v) is 2.21. The van der Waals surface area contributed by atoms with Crippen LogP contribution in [0.3, 0.4) is 0 Å². The Kier molecular flexibility index (Phi) is 4.51. The van der Waals surface area contributed by atoms with Gasteiger partial charge in [0, 0.05) is 6.04 Å². The molecular formula is C12H14N2O4S. The van der Waals surface area contributed by atoms with E-state index in [0.717, 1.165) is 6.07 Å². The van der Waals surface area contributed by atoms with Crippen molar-refractivity contribution in [3.63, 3.8) is 0 Å². The molecule has 0 saturated carbocycles. The first-order chi connectivity index (χ1) is 8.78. The summed E-state index contributed by atoms with van der Waals surface area (Å²) < 4.78 is 24.0. The van der Waals surface area contributed by atoms with E-state index in [9.17, 15) is 13.2 Å². The maximum absolute atomic E-state index is 12.0. The first-order valence-corrected chi connectivity index (χ1v) is 7.00. The van der Waals surface area contributed by atoms with Gasteiger partial charge in [0.1, 0.15) is 5.82 Å². The molecular weight excluding hydrogens is 268 g/mol. The first kappa shape index (κ1) is 15.0. The van der Waals surface area contributed by atoms with Crippen molar-refractivity contribution in [3.8, 4) is 12.0 Å². The van der Waals surface area contributed by atoms with Crippen molar-refractivity contribution in [2.24, 2.45) is 0 Å². The zero-order chi connectivity index (χ0) is 14.6. The Morgan fingerprint density at radius 2 is 2.05 bits per heavy atom. The number of sulfone groups is 1. The fourth-order valence-electron chi connectivity index (χ4n) is 1.21. The number of nitrogens with one attached hydrogen (secondary N) is 1. The van der Waals surface area contributed by atoms with Crippen molar-refractivity contribution in [3.05, 3.63) is 17.7 Å². The summed E-state index contributed by atoms with van der Waals surface area (Å²) in [6.45, 7) is 4.59. The van der Waals surface area contributed by atoms with Crippen molar-refractivity contribution in [1.29, 1.82) is 0 Å². The molecule has 1 aromatic rings. The molecule has 7 heteroatoms. The lowest BCUT2D eigenvalue weighted by atomic mass is 10.2. The highest BCUT2D eigenvalue weighted by atomic mass is 32.2. The zero-order valence-corrected chi connectivity index (χ0v) is 11.6. The molecule has 0 aliphatic rings. The molecule has 6 nitrogen and oxygen atoms in total. The number of carboxylic acid groups (broad SMARTS) is 1. The Morgan fingerprint density at radius 1 is 1.42 bits per heavy atom. The van der Waals surface area contributed by atoms with Gasteiger partial charge in [0.2, 0.25) is 0 Å². The summed E-state index contributed by atoms with van der Waals surface area (Å²) in [6, 6.07) is 4.76. The lowest BCUT2D eigenvalue weighted by molar-refractivity contribution is 0.0696. The smallest absolute Gasteiger partial charge is 0.335 e. The molecule has 0 fully saturated rings. The lowest BCUT2D eigenvalue weighted by Crippen LogP contribution is -2.17. The molecule has 0 aromatic carbocycles. The molecule has 0 bridgehead atoms. The van der Waals surface area contributed by atoms with E-state index in [-0.39, 0.29) is 16.4 Å². The van der Waals surface area contributed by atoms with Crippen molar-refractivity contribution < 1.29 is 18.3 Å². The van der Waals surface area contributed by atoms with Crippen LogP contribution in [0.1, 0.15) is 31.1 Å². The van der Waals surface area contributed by atoms with E-state index >= 15 is 0 Å². The van der Waals surface area contributed by atoms with Crippen LogP contribution in [0.2, 0.25) is 0 Å². The number of aromatic nitrogens is 1. The first-order valence-electron chi connectivity index (χ1n) is 5.46. The summed E-state index contributed by atoms with van der Waals surface area (Å²) in [5, 5.41) is 10.6. The summed E-state index contributed by atoms with van der Waals surface area (Å²) in [4.78, 5) is 14.9. The number of nitrogens with zero attached hydrogens (tertiary/aromatic N) is 1. The highest BCUT2D eigenvalue weighted by molar-refractivity contribution is 7.91. The van der Waals surface area contributed by atoms with Crippen molar-refractivity contribution >= 4 is 21.6 Å². The standard InChI is InChI=1S/C12H14N2O4S/c1-4-5-13-10-6-9(12(15)16)7-11(14-10)19(17,18)8(2)3/h6-8H,1-3H3,(H,13,14)(H,15,16). The quantitative estimate of drug-likeness (QED) is 0.639. The molecule has 0 amide bonds. The van der Waals surface area contributed by atoms with Gasteiger partial charge < -0.3 is 5.11 Å². The van der Waals surface area contributed by atoms with Crippen molar-refractivity contribution in [1.82, 2.24) is 4.98 Å². The predicted octanol–water partition coefficient (Wildman–Crippen LogP) is 1.35.